The smallest absolute Gasteiger partial charge is 0.254 e. The Labute approximate surface area is 190 Å². The molecule has 2 aromatic heterocycles. The number of benzene rings is 2. The first-order valence-corrected chi connectivity index (χ1v) is 10.8. The van der Waals surface area contributed by atoms with E-state index in [0.29, 0.717) is 34.6 Å². The third-order valence-electron chi connectivity index (χ3n) is 5.78. The summed E-state index contributed by atoms with van der Waals surface area (Å²) in [7, 11) is 0. The van der Waals surface area contributed by atoms with E-state index >= 15 is 0 Å². The molecule has 2 N–H and O–H groups in total. The van der Waals surface area contributed by atoms with E-state index in [4.69, 9.17) is 4.98 Å². The minimum atomic E-state index is -0.304. The van der Waals surface area contributed by atoms with Crippen LogP contribution in [0.2, 0.25) is 0 Å². The molecule has 1 atom stereocenters. The first-order valence-electron chi connectivity index (χ1n) is 10.8. The lowest BCUT2D eigenvalue weighted by Crippen LogP contribution is -2.52. The lowest BCUT2D eigenvalue weighted by molar-refractivity contribution is 0.0656. The molecule has 0 bridgehead atoms. The molecule has 8 heteroatoms. The number of amides is 1. The van der Waals surface area contributed by atoms with Crippen LogP contribution in [0.25, 0.3) is 22.3 Å². The van der Waals surface area contributed by atoms with Gasteiger partial charge in [0.1, 0.15) is 17.7 Å². The number of nitrogens with zero attached hydrogens (tertiary/aromatic N) is 4. The molecule has 33 heavy (non-hydrogen) atoms. The highest BCUT2D eigenvalue weighted by Gasteiger charge is 2.24. The highest BCUT2D eigenvalue weighted by atomic mass is 19.1. The number of hydrogen-bond donors (Lipinski definition) is 2. The lowest BCUT2D eigenvalue weighted by Gasteiger charge is -2.34. The topological polar surface area (TPSA) is 83.0 Å². The van der Waals surface area contributed by atoms with Crippen LogP contribution in [-0.4, -0.2) is 51.4 Å². The molecule has 2 aromatic carbocycles. The molecular formula is C25H23FN6O. The van der Waals surface area contributed by atoms with E-state index in [0.717, 1.165) is 24.3 Å². The number of nitrogens with one attached hydrogen (secondary N) is 2. The number of aromatic nitrogens is 3. The monoisotopic (exact) mass is 442 g/mol. The number of hydrogen-bond acceptors (Lipinski definition) is 6. The van der Waals surface area contributed by atoms with Gasteiger partial charge < -0.3 is 15.5 Å². The maximum atomic E-state index is 13.2. The van der Waals surface area contributed by atoms with Gasteiger partial charge in [-0.15, -0.1) is 0 Å². The van der Waals surface area contributed by atoms with Crippen molar-refractivity contribution in [3.8, 4) is 11.3 Å². The van der Waals surface area contributed by atoms with Gasteiger partial charge in [0.2, 0.25) is 0 Å². The highest BCUT2D eigenvalue weighted by Crippen LogP contribution is 2.26. The zero-order valence-electron chi connectivity index (χ0n) is 18.1. The van der Waals surface area contributed by atoms with Crippen molar-refractivity contribution in [2.45, 2.75) is 13.0 Å². The normalized spacial score (nSPS) is 16.1. The molecule has 1 amide bonds. The summed E-state index contributed by atoms with van der Waals surface area (Å²) in [6.07, 6.45) is 1.47. The molecule has 5 rings (SSSR count). The van der Waals surface area contributed by atoms with Crippen LogP contribution in [0, 0.1) is 5.82 Å². The molecule has 0 aliphatic carbocycles. The number of carbonyl (C=O) groups excluding carboxylic acids is 1. The summed E-state index contributed by atoms with van der Waals surface area (Å²) in [5.41, 5.74) is 4.29. The Kier molecular flexibility index (Phi) is 5.66. The number of pyridine rings is 1. The molecule has 1 saturated heterocycles. The quantitative estimate of drug-likeness (QED) is 0.497. The van der Waals surface area contributed by atoms with Gasteiger partial charge in [-0.25, -0.2) is 19.3 Å². The fraction of sp³-hybridized carbons (Fsp3) is 0.200. The first-order chi connectivity index (χ1) is 16.1. The Morgan fingerprint density at radius 2 is 1.85 bits per heavy atom. The third kappa shape index (κ3) is 4.38. The number of carbonyl (C=O) groups is 1. The molecule has 0 radical (unpaired) electrons. The molecule has 0 unspecified atom stereocenters. The van der Waals surface area contributed by atoms with Gasteiger partial charge in [-0.3, -0.25) is 4.79 Å². The molecule has 1 aliphatic heterocycles. The molecule has 7 nitrogen and oxygen atoms in total. The van der Waals surface area contributed by atoms with Gasteiger partial charge in [0.25, 0.3) is 5.91 Å². The maximum absolute atomic E-state index is 13.2. The van der Waals surface area contributed by atoms with Crippen LogP contribution < -0.4 is 10.6 Å². The summed E-state index contributed by atoms with van der Waals surface area (Å²) >= 11 is 0. The second kappa shape index (κ2) is 8.91. The summed E-state index contributed by atoms with van der Waals surface area (Å²) in [5, 5.41) is 6.49. The highest BCUT2D eigenvalue weighted by molar-refractivity contribution is 5.95. The first kappa shape index (κ1) is 21.0. The van der Waals surface area contributed by atoms with Crippen LogP contribution in [0.3, 0.4) is 0 Å². The molecule has 4 aromatic rings. The molecule has 1 aliphatic rings. The van der Waals surface area contributed by atoms with E-state index in [1.807, 2.05) is 41.3 Å². The van der Waals surface area contributed by atoms with E-state index in [9.17, 15) is 9.18 Å². The van der Waals surface area contributed by atoms with Crippen LogP contribution in [0.15, 0.2) is 67.0 Å². The number of piperazine rings is 1. The van der Waals surface area contributed by atoms with E-state index in [2.05, 4.69) is 27.5 Å². The van der Waals surface area contributed by atoms with Crippen LogP contribution in [0.5, 0.6) is 0 Å². The van der Waals surface area contributed by atoms with Crippen LogP contribution in [0.1, 0.15) is 17.3 Å². The van der Waals surface area contributed by atoms with Gasteiger partial charge in [-0.2, -0.15) is 0 Å². The summed E-state index contributed by atoms with van der Waals surface area (Å²) < 4.78 is 13.2. The van der Waals surface area contributed by atoms with Crippen molar-refractivity contribution in [1.82, 2.24) is 25.2 Å². The number of halogens is 1. The van der Waals surface area contributed by atoms with Crippen molar-refractivity contribution in [1.29, 1.82) is 0 Å². The van der Waals surface area contributed by atoms with Crippen molar-refractivity contribution < 1.29 is 9.18 Å². The predicted molar refractivity (Wildman–Crippen MR) is 126 cm³/mol. The van der Waals surface area contributed by atoms with Crippen molar-refractivity contribution >= 4 is 28.4 Å². The maximum Gasteiger partial charge on any atom is 0.254 e. The molecule has 166 valence electrons. The minimum absolute atomic E-state index is 0.0428. The average Bonchev–Trinajstić information content (AvgIpc) is 2.85. The number of rotatable bonds is 4. The molecule has 3 heterocycles. The summed E-state index contributed by atoms with van der Waals surface area (Å²) in [5.74, 6) is 0.274. The van der Waals surface area contributed by atoms with Crippen molar-refractivity contribution in [2.24, 2.45) is 0 Å². The van der Waals surface area contributed by atoms with Crippen molar-refractivity contribution in [3.63, 3.8) is 0 Å². The standard InChI is InChI=1S/C25H23FN6O/c1-16-14-27-12-13-32(16)25(33)18-4-2-17(3-5-18)21-10-11-22-23(31-21)24(29-15-28-22)30-20-8-6-19(26)7-9-20/h2-11,15-16,27H,12-14H2,1H3,(H,28,29,30)/t16-/m1/s1. The summed E-state index contributed by atoms with van der Waals surface area (Å²) in [6, 6.07) is 17.5. The van der Waals surface area contributed by atoms with E-state index in [-0.39, 0.29) is 17.8 Å². The van der Waals surface area contributed by atoms with Crippen LogP contribution >= 0.6 is 0 Å². The van der Waals surface area contributed by atoms with Crippen LogP contribution in [0.4, 0.5) is 15.9 Å². The van der Waals surface area contributed by atoms with Gasteiger partial charge in [0, 0.05) is 42.5 Å². The van der Waals surface area contributed by atoms with Crippen molar-refractivity contribution in [2.75, 3.05) is 25.0 Å². The number of anilines is 2. The Morgan fingerprint density at radius 1 is 1.06 bits per heavy atom. The van der Waals surface area contributed by atoms with Gasteiger partial charge in [0.15, 0.2) is 5.82 Å². The second-order valence-electron chi connectivity index (χ2n) is 8.05. The average molecular weight is 442 g/mol. The van der Waals surface area contributed by atoms with Gasteiger partial charge in [-0.05, 0) is 55.5 Å². The van der Waals surface area contributed by atoms with E-state index < -0.39 is 0 Å². The Balaban J connectivity index is 1.42. The SMILES string of the molecule is C[C@@H]1CNCCN1C(=O)c1ccc(-c2ccc3ncnc(Nc4ccc(F)cc4)c3n2)cc1. The fourth-order valence-corrected chi connectivity index (χ4v) is 3.95. The second-order valence-corrected chi connectivity index (χ2v) is 8.05. The van der Waals surface area contributed by atoms with Gasteiger partial charge >= 0.3 is 0 Å². The predicted octanol–water partition coefficient (Wildman–Crippen LogP) is 4.01. The number of fused-ring (bicyclic) bond motifs is 1. The molecule has 1 fully saturated rings. The largest absolute Gasteiger partial charge is 0.338 e. The van der Waals surface area contributed by atoms with E-state index in [1.54, 1.807) is 12.1 Å². The Hall–Kier alpha value is -3.91. The zero-order valence-corrected chi connectivity index (χ0v) is 18.1. The minimum Gasteiger partial charge on any atom is -0.338 e. The zero-order chi connectivity index (χ0) is 22.8. The summed E-state index contributed by atoms with van der Waals surface area (Å²) in [6.45, 7) is 4.38. The Morgan fingerprint density at radius 3 is 2.61 bits per heavy atom. The van der Waals surface area contributed by atoms with Gasteiger partial charge in [0.05, 0.1) is 11.2 Å². The molecule has 0 spiro atoms. The molecule has 0 saturated carbocycles. The van der Waals surface area contributed by atoms with Crippen LogP contribution in [-0.2, 0) is 0 Å². The van der Waals surface area contributed by atoms with Gasteiger partial charge in [-0.1, -0.05) is 12.1 Å². The lowest BCUT2D eigenvalue weighted by atomic mass is 10.1. The fourth-order valence-electron chi connectivity index (χ4n) is 3.95. The third-order valence-corrected chi connectivity index (χ3v) is 5.78. The Bertz CT molecular complexity index is 1290. The molecular weight excluding hydrogens is 419 g/mol. The van der Waals surface area contributed by atoms with Crippen molar-refractivity contribution in [3.05, 3.63) is 78.4 Å². The summed E-state index contributed by atoms with van der Waals surface area (Å²) in [4.78, 5) is 28.2. The van der Waals surface area contributed by atoms with E-state index in [1.165, 1.54) is 18.5 Å².